The molecule has 1 aromatic rings. The molecule has 2 aliphatic rings. The number of nitrogens with zero attached hydrogens (tertiary/aromatic N) is 3. The van der Waals surface area contributed by atoms with Crippen molar-refractivity contribution in [3.63, 3.8) is 0 Å². The summed E-state index contributed by atoms with van der Waals surface area (Å²) in [5.74, 6) is 2.54. The Morgan fingerprint density at radius 3 is 2.91 bits per heavy atom. The van der Waals surface area contributed by atoms with Crippen LogP contribution in [0, 0.1) is 30.1 Å². The summed E-state index contributed by atoms with van der Waals surface area (Å²) in [6, 6.07) is 6.11. The molecule has 1 saturated carbocycles. The predicted molar refractivity (Wildman–Crippen MR) is 92.4 cm³/mol. The molecule has 23 heavy (non-hydrogen) atoms. The Labute approximate surface area is 141 Å². The van der Waals surface area contributed by atoms with Gasteiger partial charge in [-0.05, 0) is 44.1 Å². The fraction of sp³-hybridized carbons (Fsp3) is 0.588. The van der Waals surface area contributed by atoms with Crippen LogP contribution in [-0.2, 0) is 4.79 Å². The molecule has 2 fully saturated rings. The monoisotopic (exact) mass is 330 g/mol. The molecule has 0 radical (unpaired) electrons. The number of amides is 1. The van der Waals surface area contributed by atoms with Crippen LogP contribution in [0.15, 0.2) is 12.1 Å². The van der Waals surface area contributed by atoms with Crippen LogP contribution < -0.4 is 10.2 Å². The largest absolute Gasteiger partial charge is 0.353 e. The molecule has 6 heteroatoms. The number of nitrogens with one attached hydrogen (secondary N) is 1. The lowest BCUT2D eigenvalue weighted by Crippen LogP contribution is -2.42. The van der Waals surface area contributed by atoms with E-state index in [9.17, 15) is 10.1 Å². The van der Waals surface area contributed by atoms with Crippen molar-refractivity contribution in [2.24, 2.45) is 11.8 Å². The van der Waals surface area contributed by atoms with Gasteiger partial charge < -0.3 is 10.2 Å². The minimum atomic E-state index is 0.104. The lowest BCUT2D eigenvalue weighted by molar-refractivity contribution is -0.119. The van der Waals surface area contributed by atoms with E-state index in [-0.39, 0.29) is 11.9 Å². The van der Waals surface area contributed by atoms with E-state index in [2.05, 4.69) is 21.3 Å². The SMILES string of the molecule is CSCC(=O)N[C@H]1CN(c2nc(C)ccc2C#N)C[C@@H]1C1CC1. The molecular weight excluding hydrogens is 308 g/mol. The van der Waals surface area contributed by atoms with Gasteiger partial charge >= 0.3 is 0 Å². The molecule has 0 spiro atoms. The fourth-order valence-corrected chi connectivity index (χ4v) is 3.75. The Morgan fingerprint density at radius 1 is 1.48 bits per heavy atom. The Balaban J connectivity index is 1.79. The highest BCUT2D eigenvalue weighted by molar-refractivity contribution is 7.99. The summed E-state index contributed by atoms with van der Waals surface area (Å²) in [6.07, 6.45) is 4.44. The maximum atomic E-state index is 12.0. The van der Waals surface area contributed by atoms with E-state index in [0.29, 0.717) is 23.2 Å². The van der Waals surface area contributed by atoms with Gasteiger partial charge in [-0.25, -0.2) is 4.98 Å². The van der Waals surface area contributed by atoms with Gasteiger partial charge in [0.25, 0.3) is 0 Å². The topological polar surface area (TPSA) is 69.0 Å². The van der Waals surface area contributed by atoms with Crippen LogP contribution in [0.1, 0.15) is 24.1 Å². The summed E-state index contributed by atoms with van der Waals surface area (Å²) in [6.45, 7) is 3.56. The molecule has 1 N–H and O–H groups in total. The molecule has 1 aromatic heterocycles. The zero-order chi connectivity index (χ0) is 16.4. The maximum absolute atomic E-state index is 12.0. The quantitative estimate of drug-likeness (QED) is 0.894. The predicted octanol–water partition coefficient (Wildman–Crippen LogP) is 1.96. The van der Waals surface area contributed by atoms with Crippen molar-refractivity contribution in [3.05, 3.63) is 23.4 Å². The molecule has 0 aromatic carbocycles. The highest BCUT2D eigenvalue weighted by Gasteiger charge is 2.43. The van der Waals surface area contributed by atoms with Gasteiger partial charge in [0.2, 0.25) is 5.91 Å². The zero-order valence-corrected chi connectivity index (χ0v) is 14.4. The lowest BCUT2D eigenvalue weighted by Gasteiger charge is -2.19. The zero-order valence-electron chi connectivity index (χ0n) is 13.6. The van der Waals surface area contributed by atoms with E-state index in [1.54, 1.807) is 11.8 Å². The van der Waals surface area contributed by atoms with Crippen molar-refractivity contribution in [1.82, 2.24) is 10.3 Å². The molecule has 1 aliphatic heterocycles. The minimum absolute atomic E-state index is 0.104. The van der Waals surface area contributed by atoms with E-state index in [4.69, 9.17) is 0 Å². The first-order chi connectivity index (χ1) is 11.1. The highest BCUT2D eigenvalue weighted by Crippen LogP contribution is 2.42. The first-order valence-electron chi connectivity index (χ1n) is 8.03. The van der Waals surface area contributed by atoms with Gasteiger partial charge in [0, 0.05) is 24.7 Å². The second kappa shape index (κ2) is 6.79. The number of hydrogen-bond acceptors (Lipinski definition) is 5. The molecule has 122 valence electrons. The van der Waals surface area contributed by atoms with Crippen molar-refractivity contribution in [1.29, 1.82) is 5.26 Å². The number of anilines is 1. The van der Waals surface area contributed by atoms with Crippen molar-refractivity contribution >= 4 is 23.5 Å². The second-order valence-electron chi connectivity index (χ2n) is 6.45. The Morgan fingerprint density at radius 2 is 2.26 bits per heavy atom. The van der Waals surface area contributed by atoms with Crippen LogP contribution in [-0.4, -0.2) is 42.0 Å². The summed E-state index contributed by atoms with van der Waals surface area (Å²) < 4.78 is 0. The number of pyridine rings is 1. The summed E-state index contributed by atoms with van der Waals surface area (Å²) in [5, 5.41) is 12.5. The van der Waals surface area contributed by atoms with E-state index in [1.165, 1.54) is 12.8 Å². The van der Waals surface area contributed by atoms with E-state index >= 15 is 0 Å². The molecule has 1 saturated heterocycles. The molecule has 2 heterocycles. The normalized spacial score (nSPS) is 23.6. The van der Waals surface area contributed by atoms with E-state index < -0.39 is 0 Å². The number of aromatic nitrogens is 1. The average molecular weight is 330 g/mol. The molecule has 3 rings (SSSR count). The standard InChI is InChI=1S/C17H22N4OS/c1-11-3-4-13(7-18)17(19-11)21-8-14(12-5-6-12)15(9-21)20-16(22)10-23-2/h3-4,12,14-15H,5-6,8-10H2,1-2H3,(H,20,22)/t14-,15+/m1/s1. The third-order valence-corrected chi connectivity index (χ3v) is 5.20. The van der Waals surface area contributed by atoms with Gasteiger partial charge in [0.15, 0.2) is 0 Å². The molecular formula is C17H22N4OS. The minimum Gasteiger partial charge on any atom is -0.353 e. The summed E-state index contributed by atoms with van der Waals surface area (Å²) in [5.41, 5.74) is 1.53. The van der Waals surface area contributed by atoms with Gasteiger partial charge in [-0.15, -0.1) is 0 Å². The fourth-order valence-electron chi connectivity index (χ4n) is 3.41. The lowest BCUT2D eigenvalue weighted by atomic mass is 9.98. The third-order valence-electron chi connectivity index (χ3n) is 4.65. The Bertz CT molecular complexity index is 638. The number of carbonyl (C=O) groups excluding carboxylic acids is 1. The van der Waals surface area contributed by atoms with Crippen LogP contribution in [0.25, 0.3) is 0 Å². The smallest absolute Gasteiger partial charge is 0.230 e. The van der Waals surface area contributed by atoms with Crippen molar-refractivity contribution in [2.75, 3.05) is 30.0 Å². The molecule has 0 unspecified atom stereocenters. The third kappa shape index (κ3) is 3.61. The number of aryl methyl sites for hydroxylation is 1. The van der Waals surface area contributed by atoms with Crippen molar-refractivity contribution in [3.8, 4) is 6.07 Å². The van der Waals surface area contributed by atoms with Gasteiger partial charge in [0.05, 0.1) is 17.4 Å². The molecule has 1 amide bonds. The Kier molecular flexibility index (Phi) is 4.76. The van der Waals surface area contributed by atoms with Crippen molar-refractivity contribution < 1.29 is 4.79 Å². The molecule has 2 atom stereocenters. The summed E-state index contributed by atoms with van der Waals surface area (Å²) in [7, 11) is 0. The molecule has 0 bridgehead atoms. The summed E-state index contributed by atoms with van der Waals surface area (Å²) >= 11 is 1.54. The molecule has 5 nitrogen and oxygen atoms in total. The van der Waals surface area contributed by atoms with Crippen LogP contribution in [0.5, 0.6) is 0 Å². The van der Waals surface area contributed by atoms with Crippen LogP contribution in [0.4, 0.5) is 5.82 Å². The summed E-state index contributed by atoms with van der Waals surface area (Å²) in [4.78, 5) is 18.7. The number of hydrogen-bond donors (Lipinski definition) is 1. The van der Waals surface area contributed by atoms with Crippen LogP contribution in [0.2, 0.25) is 0 Å². The van der Waals surface area contributed by atoms with Gasteiger partial charge in [-0.1, -0.05) is 0 Å². The Hall–Kier alpha value is -1.74. The first-order valence-corrected chi connectivity index (χ1v) is 9.42. The number of carbonyl (C=O) groups is 1. The van der Waals surface area contributed by atoms with Crippen LogP contribution >= 0.6 is 11.8 Å². The van der Waals surface area contributed by atoms with E-state index in [0.717, 1.165) is 24.6 Å². The highest BCUT2D eigenvalue weighted by atomic mass is 32.2. The van der Waals surface area contributed by atoms with Crippen molar-refractivity contribution in [2.45, 2.75) is 25.8 Å². The van der Waals surface area contributed by atoms with Gasteiger partial charge in [0.1, 0.15) is 11.9 Å². The molecule has 1 aliphatic carbocycles. The average Bonchev–Trinajstić information content (AvgIpc) is 3.29. The maximum Gasteiger partial charge on any atom is 0.230 e. The van der Waals surface area contributed by atoms with E-state index in [1.807, 2.05) is 25.3 Å². The number of rotatable bonds is 5. The number of nitriles is 1. The van der Waals surface area contributed by atoms with Gasteiger partial charge in [-0.2, -0.15) is 17.0 Å². The number of thioether (sulfide) groups is 1. The first kappa shape index (κ1) is 16.1. The van der Waals surface area contributed by atoms with Gasteiger partial charge in [-0.3, -0.25) is 4.79 Å². The van der Waals surface area contributed by atoms with Crippen LogP contribution in [0.3, 0.4) is 0 Å². The second-order valence-corrected chi connectivity index (χ2v) is 7.31.